The molecule has 3 N–H and O–H groups in total. The van der Waals surface area contributed by atoms with Crippen molar-refractivity contribution in [1.29, 1.82) is 0 Å². The van der Waals surface area contributed by atoms with Crippen molar-refractivity contribution in [2.45, 2.75) is 44.4 Å². The van der Waals surface area contributed by atoms with Crippen LogP contribution in [0.2, 0.25) is 0 Å². The van der Waals surface area contributed by atoms with Gasteiger partial charge in [0.2, 0.25) is 0 Å². The van der Waals surface area contributed by atoms with Crippen molar-refractivity contribution >= 4 is 73.2 Å². The maximum Gasteiger partial charge on any atom is 0.194 e. The molecule has 0 fully saturated rings. The number of benzene rings is 4. The minimum atomic E-state index is -0.797. The summed E-state index contributed by atoms with van der Waals surface area (Å²) in [5.41, 5.74) is 3.00. The van der Waals surface area contributed by atoms with Crippen molar-refractivity contribution in [1.82, 2.24) is 0 Å². The van der Waals surface area contributed by atoms with Crippen LogP contribution in [0.25, 0.3) is 44.2 Å². The molecule has 3 aliphatic rings. The van der Waals surface area contributed by atoms with Crippen LogP contribution in [0.4, 0.5) is 5.69 Å². The third kappa shape index (κ3) is 3.78. The average molecular weight is 627 g/mol. The second-order valence-electron chi connectivity index (χ2n) is 11.7. The Kier molecular flexibility index (Phi) is 6.88. The van der Waals surface area contributed by atoms with Crippen LogP contribution in [-0.2, 0) is 9.53 Å². The smallest absolute Gasteiger partial charge is 0.194 e. The molecule has 0 amide bonds. The fraction of sp³-hybridized carbons (Fsp3) is 0.343. The molecule has 2 aliphatic carbocycles. The normalized spacial score (nSPS) is 16.8. The number of phenolic OH excluding ortho intramolecular Hbond substituents is 2. The molecule has 0 bridgehead atoms. The van der Waals surface area contributed by atoms with Crippen molar-refractivity contribution in [3.63, 3.8) is 0 Å². The monoisotopic (exact) mass is 626 g/mol. The lowest BCUT2D eigenvalue weighted by molar-refractivity contribution is -0.117. The third-order valence-electron chi connectivity index (χ3n) is 9.21. The lowest BCUT2D eigenvalue weighted by Gasteiger charge is -2.29. The summed E-state index contributed by atoms with van der Waals surface area (Å²) in [4.78, 5) is 33.1. The first-order valence-corrected chi connectivity index (χ1v) is 16.0. The van der Waals surface area contributed by atoms with Gasteiger partial charge in [0.05, 0.1) is 54.1 Å². The lowest BCUT2D eigenvalue weighted by Crippen LogP contribution is -2.19. The summed E-state index contributed by atoms with van der Waals surface area (Å²) in [7, 11) is 4.52. The largest absolute Gasteiger partial charge is 0.505 e. The number of Topliss-reactive ketones (excluding diaryl/α,β-unsaturated/α-hetero) is 1. The van der Waals surface area contributed by atoms with Gasteiger partial charge >= 0.3 is 0 Å². The van der Waals surface area contributed by atoms with E-state index in [1.807, 2.05) is 13.0 Å². The van der Waals surface area contributed by atoms with E-state index in [-0.39, 0.29) is 28.6 Å². The number of allylic oxidation sites excluding steroid dienone is 2. The number of anilines is 1. The van der Waals surface area contributed by atoms with Gasteiger partial charge in [-0.1, -0.05) is 25.0 Å². The Morgan fingerprint density at radius 3 is 2.40 bits per heavy atom. The average Bonchev–Trinajstić information content (AvgIpc) is 3.15. The van der Waals surface area contributed by atoms with Crippen molar-refractivity contribution in [2.75, 3.05) is 45.5 Å². The highest BCUT2D eigenvalue weighted by Gasteiger charge is 2.40. The van der Waals surface area contributed by atoms with Crippen LogP contribution in [0.1, 0.15) is 66.6 Å². The number of ether oxygens (including phenoxy) is 3. The number of nitrogens with one attached hydrogen (secondary N) is 1. The van der Waals surface area contributed by atoms with Gasteiger partial charge in [0.25, 0.3) is 0 Å². The number of thioether (sulfide) groups is 1. The Balaban J connectivity index is 1.92. The number of carbonyl (C=O) groups excluding carboxylic acids is 2. The zero-order valence-corrected chi connectivity index (χ0v) is 26.9. The first-order chi connectivity index (χ1) is 21.7. The lowest BCUT2D eigenvalue weighted by atomic mass is 9.77. The highest BCUT2D eigenvalue weighted by atomic mass is 32.2. The second kappa shape index (κ2) is 10.6. The van der Waals surface area contributed by atoms with E-state index in [0.717, 1.165) is 23.5 Å². The minimum Gasteiger partial charge on any atom is -0.505 e. The number of phenols is 2. The molecule has 0 saturated carbocycles. The van der Waals surface area contributed by atoms with E-state index >= 15 is 0 Å². The molecule has 9 nitrogen and oxygen atoms in total. The fourth-order valence-electron chi connectivity index (χ4n) is 7.50. The number of carbonyl (C=O) groups is 2. The van der Waals surface area contributed by atoms with Crippen molar-refractivity contribution in [3.8, 4) is 23.0 Å². The molecule has 1 atom stereocenters. The van der Waals surface area contributed by atoms with E-state index in [1.165, 1.54) is 27.2 Å². The number of rotatable bonds is 8. The molecule has 0 aromatic heterocycles. The summed E-state index contributed by atoms with van der Waals surface area (Å²) in [5.74, 6) is -0.0238. The highest BCUT2D eigenvalue weighted by Crippen LogP contribution is 2.59. The first kappa shape index (κ1) is 29.3. The number of aromatic hydroxyl groups is 2. The summed E-state index contributed by atoms with van der Waals surface area (Å²) >= 11 is 1.60. The number of methoxy groups -OCH3 is 3. The summed E-state index contributed by atoms with van der Waals surface area (Å²) in [5, 5.41) is 31.8. The van der Waals surface area contributed by atoms with Gasteiger partial charge in [0.1, 0.15) is 23.0 Å². The van der Waals surface area contributed by atoms with E-state index in [9.17, 15) is 19.8 Å². The molecule has 10 heteroatoms. The van der Waals surface area contributed by atoms with E-state index in [2.05, 4.69) is 12.2 Å². The van der Waals surface area contributed by atoms with Gasteiger partial charge in [-0.2, -0.15) is 0 Å². The summed E-state index contributed by atoms with van der Waals surface area (Å²) in [6, 6.07) is 0. The second-order valence-corrected chi connectivity index (χ2v) is 12.8. The molecule has 0 radical (unpaired) electrons. The predicted molar refractivity (Wildman–Crippen MR) is 178 cm³/mol. The van der Waals surface area contributed by atoms with Crippen LogP contribution in [0, 0.1) is 0 Å². The molecule has 1 unspecified atom stereocenters. The van der Waals surface area contributed by atoms with Gasteiger partial charge in [-0.15, -0.1) is 11.8 Å². The van der Waals surface area contributed by atoms with E-state index in [0.29, 0.717) is 90.2 Å². The maximum absolute atomic E-state index is 13.8. The van der Waals surface area contributed by atoms with Crippen LogP contribution in [-0.4, -0.2) is 62.0 Å². The minimum absolute atomic E-state index is 0.0583. The molecule has 1 aliphatic heterocycles. The van der Waals surface area contributed by atoms with Gasteiger partial charge in [-0.3, -0.25) is 14.6 Å². The number of unbranched alkanes of at least 4 members (excludes halogenated alkanes) is 1. The van der Waals surface area contributed by atoms with Crippen LogP contribution >= 0.6 is 11.8 Å². The molecule has 1 heterocycles. The Morgan fingerprint density at radius 1 is 0.978 bits per heavy atom. The standard InChI is InChI=1S/C35H34N2O7S/c1-7-8-9-36-29-16-12-14(2)19(15(3)38)26-23-20(16)24-27(34(44-6)35-30(28(24)31(29)40)37-10-11-45-35)22-18(42-4)13-17(39)21(25(22)23)32(41)33(26)43-5/h12-13,19,36,40-41H,7-11H2,1-6H3. The van der Waals surface area contributed by atoms with Crippen LogP contribution in [0.15, 0.2) is 21.5 Å². The van der Waals surface area contributed by atoms with Gasteiger partial charge in [-0.25, -0.2) is 0 Å². The van der Waals surface area contributed by atoms with Crippen molar-refractivity contribution in [2.24, 2.45) is 4.99 Å². The molecule has 0 saturated heterocycles. The van der Waals surface area contributed by atoms with E-state index < -0.39 is 11.7 Å². The van der Waals surface area contributed by atoms with Crippen molar-refractivity contribution in [3.05, 3.63) is 39.3 Å². The van der Waals surface area contributed by atoms with Gasteiger partial charge in [0, 0.05) is 63.2 Å². The number of hydrogen-bond donors (Lipinski definition) is 3. The van der Waals surface area contributed by atoms with Gasteiger partial charge in [-0.05, 0) is 25.7 Å². The van der Waals surface area contributed by atoms with Gasteiger partial charge < -0.3 is 29.7 Å². The number of fused-ring (bicyclic) bond motifs is 3. The van der Waals surface area contributed by atoms with Gasteiger partial charge in [0.15, 0.2) is 17.3 Å². The maximum atomic E-state index is 13.8. The third-order valence-corrected chi connectivity index (χ3v) is 10.3. The SMILES string of the molecule is CCCCNc1c(O)c2c3c(c(OC)c4c5c6c(c(O)c(OC)c7c6c(c1C=C(C)C7C(C)=O)c42)C(=O)C=C5OC)SCCN=3. The number of nitrogens with zero attached hydrogens (tertiary/aromatic N) is 1. The molecule has 45 heavy (non-hydrogen) atoms. The fourth-order valence-corrected chi connectivity index (χ4v) is 8.51. The zero-order valence-electron chi connectivity index (χ0n) is 26.1. The molecule has 232 valence electrons. The van der Waals surface area contributed by atoms with Crippen LogP contribution < -0.4 is 20.1 Å². The Hall–Kier alpha value is -4.44. The molecule has 0 spiro atoms. The van der Waals surface area contributed by atoms with Crippen LogP contribution in [0.5, 0.6) is 23.0 Å². The zero-order chi connectivity index (χ0) is 31.9. The Morgan fingerprint density at radius 2 is 1.73 bits per heavy atom. The number of hydrogen-bond acceptors (Lipinski definition) is 10. The molecular formula is C35H34N2O7S. The Bertz CT molecular complexity index is 2150. The number of ketones is 2. The van der Waals surface area contributed by atoms with E-state index in [4.69, 9.17) is 19.2 Å². The topological polar surface area (TPSA) is 127 Å². The highest BCUT2D eigenvalue weighted by molar-refractivity contribution is 7.99. The quantitative estimate of drug-likeness (QED) is 0.0869. The molecule has 4 aromatic carbocycles. The van der Waals surface area contributed by atoms with Crippen LogP contribution in [0.3, 0.4) is 0 Å². The van der Waals surface area contributed by atoms with Crippen molar-refractivity contribution < 1.29 is 34.0 Å². The molecular weight excluding hydrogens is 592 g/mol. The summed E-state index contributed by atoms with van der Waals surface area (Å²) in [6.07, 6.45) is 5.12. The predicted octanol–water partition coefficient (Wildman–Crippen LogP) is 6.50. The summed E-state index contributed by atoms with van der Waals surface area (Å²) < 4.78 is 17.9. The summed E-state index contributed by atoms with van der Waals surface area (Å²) in [6.45, 7) is 6.66. The molecule has 7 rings (SSSR count). The molecule has 4 aromatic rings. The Labute approximate surface area is 263 Å². The van der Waals surface area contributed by atoms with E-state index in [1.54, 1.807) is 18.9 Å². The first-order valence-electron chi connectivity index (χ1n) is 15.1.